The van der Waals surface area contributed by atoms with Crippen LogP contribution < -0.4 is 10.6 Å². The zero-order chi connectivity index (χ0) is 16.4. The largest absolute Gasteiger partial charge is 0.360 e. The molecule has 2 heterocycles. The minimum Gasteiger partial charge on any atom is -0.360 e. The maximum absolute atomic E-state index is 6.29. The van der Waals surface area contributed by atoms with E-state index in [1.165, 1.54) is 6.20 Å². The average molecular weight is 331 g/mol. The van der Waals surface area contributed by atoms with Crippen molar-refractivity contribution in [3.05, 3.63) is 46.3 Å². The van der Waals surface area contributed by atoms with E-state index in [9.17, 15) is 0 Å². The Kier molecular flexibility index (Phi) is 4.12. The summed E-state index contributed by atoms with van der Waals surface area (Å²) in [6.07, 6.45) is 1.52. The first-order valence-corrected chi connectivity index (χ1v) is 7.33. The lowest BCUT2D eigenvalue weighted by atomic mass is 10.1. The number of anilines is 4. The molecule has 0 saturated heterocycles. The van der Waals surface area contributed by atoms with Crippen molar-refractivity contribution < 1.29 is 4.52 Å². The number of aryl methyl sites for hydroxylation is 3. The van der Waals surface area contributed by atoms with Gasteiger partial charge in [0.1, 0.15) is 5.76 Å². The van der Waals surface area contributed by atoms with E-state index in [1.807, 2.05) is 26.0 Å². The van der Waals surface area contributed by atoms with Crippen LogP contribution in [0.5, 0.6) is 0 Å². The molecule has 0 atom stereocenters. The van der Waals surface area contributed by atoms with E-state index in [4.69, 9.17) is 16.1 Å². The number of aromatic nitrogens is 4. The summed E-state index contributed by atoms with van der Waals surface area (Å²) in [6, 6.07) is 5.67. The molecule has 2 N–H and O–H groups in total. The van der Waals surface area contributed by atoms with Gasteiger partial charge in [-0.3, -0.25) is 0 Å². The monoisotopic (exact) mass is 330 g/mol. The molecule has 1 aromatic carbocycles. The molecule has 0 aliphatic carbocycles. The molecule has 0 aliphatic rings. The van der Waals surface area contributed by atoms with Crippen LogP contribution in [-0.4, -0.2) is 20.3 Å². The van der Waals surface area contributed by atoms with Gasteiger partial charge in [-0.1, -0.05) is 22.8 Å². The first-order chi connectivity index (χ1) is 11.0. The van der Waals surface area contributed by atoms with Crippen molar-refractivity contribution in [1.29, 1.82) is 0 Å². The lowest BCUT2D eigenvalue weighted by Crippen LogP contribution is -2.03. The summed E-state index contributed by atoms with van der Waals surface area (Å²) >= 11 is 6.29. The molecule has 118 valence electrons. The van der Waals surface area contributed by atoms with Crippen molar-refractivity contribution in [1.82, 2.24) is 20.3 Å². The number of nitrogens with one attached hydrogen (secondary N) is 2. The summed E-state index contributed by atoms with van der Waals surface area (Å²) in [4.78, 5) is 4.34. The van der Waals surface area contributed by atoms with Gasteiger partial charge in [-0.2, -0.15) is 10.1 Å². The maximum Gasteiger partial charge on any atom is 0.250 e. The molecule has 0 spiro atoms. The summed E-state index contributed by atoms with van der Waals surface area (Å²) in [5.41, 5.74) is 2.92. The Labute approximate surface area is 138 Å². The molecule has 23 heavy (non-hydrogen) atoms. The van der Waals surface area contributed by atoms with Gasteiger partial charge in [0.05, 0.1) is 16.9 Å². The fourth-order valence-corrected chi connectivity index (χ4v) is 2.53. The molecule has 3 rings (SSSR count). The fraction of sp³-hybridized carbons (Fsp3) is 0.200. The summed E-state index contributed by atoms with van der Waals surface area (Å²) in [6.45, 7) is 5.78. The lowest BCUT2D eigenvalue weighted by Gasteiger charge is -2.12. The van der Waals surface area contributed by atoms with Crippen LogP contribution in [-0.2, 0) is 0 Å². The highest BCUT2D eigenvalue weighted by Crippen LogP contribution is 2.29. The number of halogens is 1. The van der Waals surface area contributed by atoms with Crippen molar-refractivity contribution >= 4 is 34.9 Å². The van der Waals surface area contributed by atoms with E-state index in [1.54, 1.807) is 13.0 Å². The van der Waals surface area contributed by atoms with Crippen molar-refractivity contribution in [2.24, 2.45) is 0 Å². The Balaban J connectivity index is 1.83. The smallest absolute Gasteiger partial charge is 0.250 e. The third kappa shape index (κ3) is 3.57. The van der Waals surface area contributed by atoms with Gasteiger partial charge in [0, 0.05) is 6.07 Å². The standard InChI is InChI=1S/C15H15ClN6O/c1-8-4-9(2)14(11(16)5-8)18-13-7-17-21-15(20-13)19-12-6-10(3)23-22-12/h4-7H,1-3H3,(H2,18,19,20,21,22). The predicted molar refractivity (Wildman–Crippen MR) is 88.6 cm³/mol. The zero-order valence-corrected chi connectivity index (χ0v) is 13.6. The van der Waals surface area contributed by atoms with Gasteiger partial charge in [-0.05, 0) is 38.0 Å². The third-order valence-corrected chi connectivity index (χ3v) is 3.41. The van der Waals surface area contributed by atoms with Crippen molar-refractivity contribution in [3.8, 4) is 0 Å². The molecule has 0 radical (unpaired) electrons. The van der Waals surface area contributed by atoms with E-state index in [2.05, 4.69) is 31.0 Å². The van der Waals surface area contributed by atoms with Crippen LogP contribution in [0.2, 0.25) is 5.02 Å². The van der Waals surface area contributed by atoms with Gasteiger partial charge in [0.15, 0.2) is 11.6 Å². The Morgan fingerprint density at radius 3 is 2.57 bits per heavy atom. The van der Waals surface area contributed by atoms with Crippen LogP contribution in [0.1, 0.15) is 16.9 Å². The quantitative estimate of drug-likeness (QED) is 0.749. The second-order valence-electron chi connectivity index (χ2n) is 5.18. The van der Waals surface area contributed by atoms with Crippen LogP contribution >= 0.6 is 11.6 Å². The van der Waals surface area contributed by atoms with Crippen LogP contribution in [0, 0.1) is 20.8 Å². The second kappa shape index (κ2) is 6.21. The molecule has 2 aromatic heterocycles. The van der Waals surface area contributed by atoms with Gasteiger partial charge in [-0.25, -0.2) is 0 Å². The summed E-state index contributed by atoms with van der Waals surface area (Å²) in [5, 5.41) is 18.4. The Morgan fingerprint density at radius 2 is 1.87 bits per heavy atom. The van der Waals surface area contributed by atoms with Crippen molar-refractivity contribution in [2.45, 2.75) is 20.8 Å². The van der Waals surface area contributed by atoms with Crippen molar-refractivity contribution in [3.63, 3.8) is 0 Å². The molecular formula is C15H15ClN6O. The van der Waals surface area contributed by atoms with E-state index >= 15 is 0 Å². The van der Waals surface area contributed by atoms with Gasteiger partial charge in [0.25, 0.3) is 0 Å². The van der Waals surface area contributed by atoms with E-state index in [0.717, 1.165) is 16.8 Å². The number of hydrogen-bond donors (Lipinski definition) is 2. The van der Waals surface area contributed by atoms with Crippen LogP contribution in [0.25, 0.3) is 0 Å². The minimum atomic E-state index is 0.309. The molecule has 0 fully saturated rings. The highest BCUT2D eigenvalue weighted by atomic mass is 35.5. The fourth-order valence-electron chi connectivity index (χ4n) is 2.16. The Bertz CT molecular complexity index is 824. The summed E-state index contributed by atoms with van der Waals surface area (Å²) in [7, 11) is 0. The number of benzene rings is 1. The maximum atomic E-state index is 6.29. The first-order valence-electron chi connectivity index (χ1n) is 6.95. The van der Waals surface area contributed by atoms with E-state index in [0.29, 0.717) is 28.4 Å². The number of hydrogen-bond acceptors (Lipinski definition) is 7. The predicted octanol–water partition coefficient (Wildman–Crippen LogP) is 3.93. The molecule has 0 amide bonds. The highest BCUT2D eigenvalue weighted by molar-refractivity contribution is 6.33. The van der Waals surface area contributed by atoms with Crippen LogP contribution in [0.15, 0.2) is 28.9 Å². The summed E-state index contributed by atoms with van der Waals surface area (Å²) in [5.74, 6) is 2.04. The number of rotatable bonds is 4. The molecule has 3 aromatic rings. The van der Waals surface area contributed by atoms with Crippen LogP contribution in [0.3, 0.4) is 0 Å². The summed E-state index contributed by atoms with van der Waals surface area (Å²) < 4.78 is 4.98. The third-order valence-electron chi connectivity index (χ3n) is 3.11. The topological polar surface area (TPSA) is 88.8 Å². The SMILES string of the molecule is Cc1cc(C)c(Nc2cnnc(Nc3cc(C)on3)n2)c(Cl)c1. The number of nitrogens with zero attached hydrogens (tertiary/aromatic N) is 4. The van der Waals surface area contributed by atoms with Gasteiger partial charge < -0.3 is 15.2 Å². The molecular weight excluding hydrogens is 316 g/mol. The van der Waals surface area contributed by atoms with Gasteiger partial charge in [0.2, 0.25) is 5.95 Å². The molecule has 0 aliphatic heterocycles. The molecule has 8 heteroatoms. The van der Waals surface area contributed by atoms with Crippen LogP contribution in [0.4, 0.5) is 23.3 Å². The zero-order valence-electron chi connectivity index (χ0n) is 12.9. The second-order valence-corrected chi connectivity index (χ2v) is 5.58. The van der Waals surface area contributed by atoms with E-state index in [-0.39, 0.29) is 0 Å². The lowest BCUT2D eigenvalue weighted by molar-refractivity contribution is 0.400. The van der Waals surface area contributed by atoms with Gasteiger partial charge >= 0.3 is 0 Å². The van der Waals surface area contributed by atoms with E-state index < -0.39 is 0 Å². The highest BCUT2D eigenvalue weighted by Gasteiger charge is 2.09. The molecule has 0 saturated carbocycles. The van der Waals surface area contributed by atoms with Crippen molar-refractivity contribution in [2.75, 3.05) is 10.6 Å². The molecule has 0 bridgehead atoms. The Hall–Kier alpha value is -2.67. The average Bonchev–Trinajstić information content (AvgIpc) is 2.88. The normalized spacial score (nSPS) is 10.6. The Morgan fingerprint density at radius 1 is 1.04 bits per heavy atom. The molecule has 0 unspecified atom stereocenters. The minimum absolute atomic E-state index is 0.309. The first kappa shape index (κ1) is 15.2. The van der Waals surface area contributed by atoms with Gasteiger partial charge in [-0.15, -0.1) is 5.10 Å². The molecule has 7 nitrogen and oxygen atoms in total.